The van der Waals surface area contributed by atoms with Gasteiger partial charge in [-0.1, -0.05) is 153 Å². The quantitative estimate of drug-likeness (QED) is 0.152. The molecule has 6 aliphatic carbocycles. The highest BCUT2D eigenvalue weighted by Gasteiger charge is 2.61. The molecule has 1 spiro atoms. The van der Waals surface area contributed by atoms with Crippen LogP contribution in [0.4, 0.5) is 4.39 Å². The van der Waals surface area contributed by atoms with E-state index in [4.69, 9.17) is 0 Å². The maximum Gasteiger partial charge on any atom is 0.123 e. The van der Waals surface area contributed by atoms with E-state index in [1.165, 1.54) is 137 Å². The van der Waals surface area contributed by atoms with Crippen LogP contribution in [0.3, 0.4) is 0 Å². The van der Waals surface area contributed by atoms with E-state index in [2.05, 4.69) is 133 Å². The van der Waals surface area contributed by atoms with Crippen LogP contribution < -0.4 is 0 Å². The van der Waals surface area contributed by atoms with Crippen molar-refractivity contribution in [2.45, 2.75) is 75.5 Å². The Balaban J connectivity index is 0.942. The molecule has 0 atom stereocenters. The van der Waals surface area contributed by atoms with E-state index in [0.29, 0.717) is 5.92 Å². The number of halogens is 1. The van der Waals surface area contributed by atoms with Gasteiger partial charge in [0.05, 0.1) is 0 Å². The summed E-state index contributed by atoms with van der Waals surface area (Å²) in [4.78, 5) is 0. The van der Waals surface area contributed by atoms with Crippen LogP contribution in [-0.4, -0.2) is 0 Å². The Hall–Kier alpha value is -5.79. The fourth-order valence-electron chi connectivity index (χ4n) is 14.2. The fraction of sp³-hybridized carbons (Fsp3) is 0.267. The molecule has 0 radical (unpaired) electrons. The van der Waals surface area contributed by atoms with Gasteiger partial charge in [-0.05, 0) is 193 Å². The van der Waals surface area contributed by atoms with Crippen molar-refractivity contribution in [1.29, 1.82) is 0 Å². The van der Waals surface area contributed by atoms with Crippen molar-refractivity contribution in [2.24, 2.45) is 23.7 Å². The first kappa shape index (κ1) is 35.9. The standard InChI is InChI=1S/C60H51F/c61-49-25-21-41(22-26-49)40-17-19-42(20-18-40)58-50-13-4-6-15-52(50)59(53-16-7-5-14-51(53)58)46-12-8-11-43(34-46)45-24-28-57-55(36-45)54-35-44(39-9-2-1-3-10-39)23-27-56(54)60(57)47-30-37-29-38(32-47)33-48(60)31-37/h4-8,11-28,34-39,47-48H,1-3,9-10,29-33H2. The van der Waals surface area contributed by atoms with Gasteiger partial charge < -0.3 is 0 Å². The van der Waals surface area contributed by atoms with Crippen molar-refractivity contribution in [2.75, 3.05) is 0 Å². The summed E-state index contributed by atoms with van der Waals surface area (Å²) in [6, 6.07) is 58.4. The molecule has 8 aromatic carbocycles. The Morgan fingerprint density at radius 1 is 0.393 bits per heavy atom. The second-order valence-corrected chi connectivity index (χ2v) is 19.6. The molecule has 298 valence electrons. The van der Waals surface area contributed by atoms with Crippen LogP contribution in [0.25, 0.3) is 77.2 Å². The van der Waals surface area contributed by atoms with Gasteiger partial charge in [0, 0.05) is 5.41 Å². The highest BCUT2D eigenvalue weighted by atomic mass is 19.1. The number of fused-ring (bicyclic) bond motifs is 5. The Bertz CT molecular complexity index is 2930. The summed E-state index contributed by atoms with van der Waals surface area (Å²) in [6.07, 6.45) is 14.0. The van der Waals surface area contributed by atoms with E-state index in [1.807, 2.05) is 12.1 Å². The maximum atomic E-state index is 13.7. The van der Waals surface area contributed by atoms with Crippen LogP contribution in [0.15, 0.2) is 158 Å². The average molecular weight is 791 g/mol. The van der Waals surface area contributed by atoms with Crippen molar-refractivity contribution in [1.82, 2.24) is 0 Å². The summed E-state index contributed by atoms with van der Waals surface area (Å²) in [5.74, 6) is 3.92. The Kier molecular flexibility index (Phi) is 8.16. The summed E-state index contributed by atoms with van der Waals surface area (Å²) in [5, 5.41) is 5.02. The van der Waals surface area contributed by atoms with Crippen molar-refractivity contribution >= 4 is 21.5 Å². The molecule has 14 rings (SSSR count). The molecule has 0 aromatic heterocycles. The molecule has 5 saturated carbocycles. The minimum Gasteiger partial charge on any atom is -0.207 e. The number of rotatable bonds is 5. The number of hydrogen-bond acceptors (Lipinski definition) is 0. The molecule has 61 heavy (non-hydrogen) atoms. The molecular formula is C60H51F. The summed E-state index contributed by atoms with van der Waals surface area (Å²) in [6.45, 7) is 0. The number of hydrogen-bond donors (Lipinski definition) is 0. The molecule has 0 unspecified atom stereocenters. The predicted octanol–water partition coefficient (Wildman–Crippen LogP) is 16.6. The van der Waals surface area contributed by atoms with Gasteiger partial charge in [-0.15, -0.1) is 0 Å². The lowest BCUT2D eigenvalue weighted by Crippen LogP contribution is -2.55. The first-order chi connectivity index (χ1) is 30.1. The topological polar surface area (TPSA) is 0 Å². The van der Waals surface area contributed by atoms with Crippen molar-refractivity contribution in [3.63, 3.8) is 0 Å². The highest BCUT2D eigenvalue weighted by molar-refractivity contribution is 6.21. The van der Waals surface area contributed by atoms with Gasteiger partial charge in [0.15, 0.2) is 0 Å². The number of benzene rings is 8. The van der Waals surface area contributed by atoms with E-state index in [9.17, 15) is 4.39 Å². The summed E-state index contributed by atoms with van der Waals surface area (Å²) in [5.41, 5.74) is 17.8. The van der Waals surface area contributed by atoms with Crippen LogP contribution in [-0.2, 0) is 5.41 Å². The van der Waals surface area contributed by atoms with Crippen molar-refractivity contribution < 1.29 is 4.39 Å². The molecule has 0 heterocycles. The summed E-state index contributed by atoms with van der Waals surface area (Å²) < 4.78 is 13.7. The highest BCUT2D eigenvalue weighted by Crippen LogP contribution is 2.69. The lowest BCUT2D eigenvalue weighted by molar-refractivity contribution is -0.0399. The van der Waals surface area contributed by atoms with Gasteiger partial charge in [-0.2, -0.15) is 0 Å². The fourth-order valence-corrected chi connectivity index (χ4v) is 14.2. The van der Waals surface area contributed by atoms with Crippen LogP contribution >= 0.6 is 0 Å². The van der Waals surface area contributed by atoms with Crippen LogP contribution in [0.5, 0.6) is 0 Å². The van der Waals surface area contributed by atoms with E-state index < -0.39 is 0 Å². The van der Waals surface area contributed by atoms with Gasteiger partial charge in [-0.25, -0.2) is 4.39 Å². The molecule has 1 heteroatoms. The minimum absolute atomic E-state index is 0.185. The Morgan fingerprint density at radius 2 is 0.885 bits per heavy atom. The average Bonchev–Trinajstić information content (AvgIpc) is 3.60. The SMILES string of the molecule is Fc1ccc(-c2ccc(-c3c4ccccc4c(-c4cccc(-c5ccc6c(c5)-c5cc(C7CCCCC7)ccc5C65C6CC7CC(C6)CC5C7)c4)c4ccccc34)cc2)cc1. The molecule has 0 aliphatic heterocycles. The second-order valence-electron chi connectivity index (χ2n) is 19.6. The third kappa shape index (κ3) is 5.48. The molecular weight excluding hydrogens is 740 g/mol. The third-order valence-electron chi connectivity index (χ3n) is 16.5. The normalized spacial score (nSPS) is 23.8. The van der Waals surface area contributed by atoms with Gasteiger partial charge in [0.2, 0.25) is 0 Å². The Morgan fingerprint density at radius 3 is 1.51 bits per heavy atom. The van der Waals surface area contributed by atoms with Crippen LogP contribution in [0.2, 0.25) is 0 Å². The zero-order chi connectivity index (χ0) is 40.2. The molecule has 6 aliphatic rings. The maximum absolute atomic E-state index is 13.7. The molecule has 0 nitrogen and oxygen atoms in total. The van der Waals surface area contributed by atoms with E-state index in [-0.39, 0.29) is 11.2 Å². The van der Waals surface area contributed by atoms with Gasteiger partial charge in [0.1, 0.15) is 5.82 Å². The smallest absolute Gasteiger partial charge is 0.123 e. The van der Waals surface area contributed by atoms with E-state index >= 15 is 0 Å². The zero-order valence-corrected chi connectivity index (χ0v) is 34.8. The first-order valence-corrected chi connectivity index (χ1v) is 23.3. The van der Waals surface area contributed by atoms with Crippen LogP contribution in [0, 0.1) is 29.5 Å². The molecule has 0 saturated heterocycles. The first-order valence-electron chi connectivity index (χ1n) is 23.3. The van der Waals surface area contributed by atoms with Gasteiger partial charge >= 0.3 is 0 Å². The zero-order valence-electron chi connectivity index (χ0n) is 34.8. The molecule has 0 amide bonds. The molecule has 5 fully saturated rings. The Labute approximate surface area is 359 Å². The summed E-state index contributed by atoms with van der Waals surface area (Å²) >= 11 is 0. The van der Waals surface area contributed by atoms with E-state index in [0.717, 1.165) is 34.8 Å². The van der Waals surface area contributed by atoms with Gasteiger partial charge in [-0.3, -0.25) is 0 Å². The van der Waals surface area contributed by atoms with Crippen LogP contribution in [0.1, 0.15) is 86.8 Å². The largest absolute Gasteiger partial charge is 0.207 e. The third-order valence-corrected chi connectivity index (χ3v) is 16.5. The lowest BCUT2D eigenvalue weighted by Gasteiger charge is -2.61. The minimum atomic E-state index is -0.212. The molecule has 0 N–H and O–H groups in total. The van der Waals surface area contributed by atoms with Crippen molar-refractivity contribution in [3.8, 4) is 55.6 Å². The molecule has 8 aromatic rings. The predicted molar refractivity (Wildman–Crippen MR) is 252 cm³/mol. The molecule has 4 bridgehead atoms. The van der Waals surface area contributed by atoms with Gasteiger partial charge in [0.25, 0.3) is 0 Å². The van der Waals surface area contributed by atoms with E-state index in [1.54, 1.807) is 22.3 Å². The van der Waals surface area contributed by atoms with Crippen molar-refractivity contribution in [3.05, 3.63) is 180 Å². The summed E-state index contributed by atoms with van der Waals surface area (Å²) in [7, 11) is 0. The lowest BCUT2D eigenvalue weighted by atomic mass is 9.43. The monoisotopic (exact) mass is 790 g/mol. The second kappa shape index (κ2) is 13.9.